The van der Waals surface area contributed by atoms with E-state index in [4.69, 9.17) is 0 Å². The number of rotatable bonds is 4. The molecule has 1 rings (SSSR count). The molecule has 0 radical (unpaired) electrons. The first-order chi connectivity index (χ1) is 7.84. The topological polar surface area (TPSA) is 29.1 Å². The van der Waals surface area contributed by atoms with Gasteiger partial charge in [-0.05, 0) is 17.7 Å². The number of nitrogens with one attached hydrogen (secondary N) is 1. The highest BCUT2D eigenvalue weighted by molar-refractivity contribution is 9.10. The molecule has 0 saturated carbocycles. The quantitative estimate of drug-likeness (QED) is 0.851. The second-order valence-electron chi connectivity index (χ2n) is 3.24. The highest BCUT2D eigenvalue weighted by atomic mass is 79.9. The largest absolute Gasteiger partial charge is 0.383 e. The van der Waals surface area contributed by atoms with Crippen LogP contribution in [0.2, 0.25) is 0 Å². The van der Waals surface area contributed by atoms with Gasteiger partial charge in [-0.1, -0.05) is 28.1 Å². The summed E-state index contributed by atoms with van der Waals surface area (Å²) in [6.07, 6.45) is -4.01. The molecule has 1 aromatic carbocycles. The Morgan fingerprint density at radius 3 is 2.59 bits per heavy atom. The predicted molar refractivity (Wildman–Crippen MR) is 56.9 cm³/mol. The summed E-state index contributed by atoms with van der Waals surface area (Å²) in [5.74, 6) is -6.64. The van der Waals surface area contributed by atoms with Crippen molar-refractivity contribution < 1.29 is 22.4 Å². The maximum Gasteiger partial charge on any atom is 0.383 e. The monoisotopic (exact) mass is 313 g/mol. The molecule has 7 heteroatoms. The average Bonchev–Trinajstić information content (AvgIpc) is 2.25. The van der Waals surface area contributed by atoms with Gasteiger partial charge in [-0.3, -0.25) is 4.79 Å². The molecule has 0 bridgehead atoms. The van der Waals surface area contributed by atoms with E-state index in [0.29, 0.717) is 10.0 Å². The van der Waals surface area contributed by atoms with Gasteiger partial charge in [0.15, 0.2) is 0 Å². The van der Waals surface area contributed by atoms with E-state index >= 15 is 0 Å². The number of halogens is 5. The zero-order valence-corrected chi connectivity index (χ0v) is 9.98. The maximum atomic E-state index is 12.6. The molecule has 0 atom stereocenters. The van der Waals surface area contributed by atoms with E-state index in [9.17, 15) is 22.4 Å². The van der Waals surface area contributed by atoms with Crippen LogP contribution in [0.3, 0.4) is 0 Å². The third kappa shape index (κ3) is 3.69. The molecule has 0 heterocycles. The molecular weight excluding hydrogens is 306 g/mol. The summed E-state index contributed by atoms with van der Waals surface area (Å²) in [5, 5.41) is 1.76. The van der Waals surface area contributed by atoms with E-state index in [2.05, 4.69) is 15.9 Å². The van der Waals surface area contributed by atoms with Crippen LogP contribution in [0.1, 0.15) is 5.56 Å². The summed E-state index contributed by atoms with van der Waals surface area (Å²) in [7, 11) is 0. The molecule has 94 valence electrons. The Morgan fingerprint density at radius 2 is 2.06 bits per heavy atom. The molecule has 0 spiro atoms. The lowest BCUT2D eigenvalue weighted by molar-refractivity contribution is -0.169. The van der Waals surface area contributed by atoms with Gasteiger partial charge in [-0.25, -0.2) is 8.78 Å². The first-order valence-corrected chi connectivity index (χ1v) is 5.32. The van der Waals surface area contributed by atoms with Gasteiger partial charge in [0, 0.05) is 11.0 Å². The molecule has 1 N–H and O–H groups in total. The number of benzene rings is 1. The molecule has 0 fully saturated rings. The van der Waals surface area contributed by atoms with E-state index in [-0.39, 0.29) is 6.54 Å². The van der Waals surface area contributed by atoms with Gasteiger partial charge in [0.1, 0.15) is 0 Å². The minimum atomic E-state index is -4.66. The fourth-order valence-corrected chi connectivity index (χ4v) is 1.49. The molecule has 0 aliphatic heterocycles. The van der Waals surface area contributed by atoms with E-state index in [1.54, 1.807) is 29.6 Å². The lowest BCUT2D eigenvalue weighted by Gasteiger charge is -2.14. The molecule has 17 heavy (non-hydrogen) atoms. The fraction of sp³-hybridized carbons (Fsp3) is 0.300. The standard InChI is InChI=1S/C10H8BrF4NO/c11-7-3-1-2-6(4-7)5-16-9(17)10(14,15)8(12)13/h1-4,8H,5H2,(H,16,17). The van der Waals surface area contributed by atoms with Crippen molar-refractivity contribution in [2.24, 2.45) is 0 Å². The van der Waals surface area contributed by atoms with Crippen molar-refractivity contribution in [2.75, 3.05) is 0 Å². The van der Waals surface area contributed by atoms with Gasteiger partial charge >= 0.3 is 12.3 Å². The van der Waals surface area contributed by atoms with Gasteiger partial charge in [-0.15, -0.1) is 0 Å². The highest BCUT2D eigenvalue weighted by Crippen LogP contribution is 2.23. The van der Waals surface area contributed by atoms with Crippen molar-refractivity contribution >= 4 is 21.8 Å². The Labute approximate surface area is 103 Å². The number of amides is 1. The van der Waals surface area contributed by atoms with Crippen molar-refractivity contribution in [1.29, 1.82) is 0 Å². The Balaban J connectivity index is 2.60. The van der Waals surface area contributed by atoms with Crippen LogP contribution in [0.15, 0.2) is 28.7 Å². The summed E-state index contributed by atoms with van der Waals surface area (Å²) in [4.78, 5) is 10.8. The van der Waals surface area contributed by atoms with E-state index < -0.39 is 18.3 Å². The molecule has 1 aromatic rings. The van der Waals surface area contributed by atoms with Gasteiger partial charge in [-0.2, -0.15) is 8.78 Å². The normalized spacial score (nSPS) is 11.6. The summed E-state index contributed by atoms with van der Waals surface area (Å²) >= 11 is 3.15. The molecular formula is C10H8BrF4NO. The SMILES string of the molecule is O=C(NCc1cccc(Br)c1)C(F)(F)C(F)F. The second-order valence-corrected chi connectivity index (χ2v) is 4.15. The Hall–Kier alpha value is -1.11. The minimum absolute atomic E-state index is 0.236. The fourth-order valence-electron chi connectivity index (χ4n) is 1.05. The first kappa shape index (κ1) is 14.0. The zero-order chi connectivity index (χ0) is 13.1. The second kappa shape index (κ2) is 5.48. The highest BCUT2D eigenvalue weighted by Gasteiger charge is 2.48. The smallest absolute Gasteiger partial charge is 0.347 e. The van der Waals surface area contributed by atoms with Gasteiger partial charge in [0.05, 0.1) is 0 Å². The van der Waals surface area contributed by atoms with Crippen molar-refractivity contribution in [2.45, 2.75) is 18.9 Å². The lowest BCUT2D eigenvalue weighted by atomic mass is 10.2. The van der Waals surface area contributed by atoms with Crippen LogP contribution in [-0.4, -0.2) is 18.3 Å². The molecule has 0 unspecified atom stereocenters. The maximum absolute atomic E-state index is 12.6. The van der Waals surface area contributed by atoms with Crippen LogP contribution in [0.4, 0.5) is 17.6 Å². The third-order valence-corrected chi connectivity index (χ3v) is 2.41. The predicted octanol–water partition coefficient (Wildman–Crippen LogP) is 2.97. The van der Waals surface area contributed by atoms with Crippen LogP contribution < -0.4 is 5.32 Å². The van der Waals surface area contributed by atoms with Gasteiger partial charge in [0.25, 0.3) is 5.91 Å². The number of hydrogen-bond donors (Lipinski definition) is 1. The number of hydrogen-bond acceptors (Lipinski definition) is 1. The van der Waals surface area contributed by atoms with Crippen LogP contribution in [0.25, 0.3) is 0 Å². The van der Waals surface area contributed by atoms with Crippen LogP contribution in [0, 0.1) is 0 Å². The van der Waals surface area contributed by atoms with Crippen LogP contribution in [-0.2, 0) is 11.3 Å². The Bertz CT molecular complexity index is 411. The molecule has 0 saturated heterocycles. The van der Waals surface area contributed by atoms with Crippen LogP contribution in [0.5, 0.6) is 0 Å². The van der Waals surface area contributed by atoms with Crippen molar-refractivity contribution in [1.82, 2.24) is 5.32 Å². The summed E-state index contributed by atoms with van der Waals surface area (Å²) in [6, 6.07) is 6.50. The van der Waals surface area contributed by atoms with Crippen LogP contribution >= 0.6 is 15.9 Å². The number of carbonyl (C=O) groups is 1. The number of carbonyl (C=O) groups excluding carboxylic acids is 1. The van der Waals surface area contributed by atoms with E-state index in [1.807, 2.05) is 0 Å². The molecule has 2 nitrogen and oxygen atoms in total. The molecule has 0 aromatic heterocycles. The van der Waals surface area contributed by atoms with E-state index in [1.165, 1.54) is 0 Å². The average molecular weight is 314 g/mol. The number of alkyl halides is 4. The third-order valence-electron chi connectivity index (χ3n) is 1.92. The summed E-state index contributed by atoms with van der Waals surface area (Å²) < 4.78 is 49.5. The molecule has 1 amide bonds. The van der Waals surface area contributed by atoms with Crippen molar-refractivity contribution in [3.63, 3.8) is 0 Å². The zero-order valence-electron chi connectivity index (χ0n) is 8.39. The van der Waals surface area contributed by atoms with Crippen molar-refractivity contribution in [3.8, 4) is 0 Å². The molecule has 0 aliphatic rings. The summed E-state index contributed by atoms with van der Waals surface area (Å²) in [6.45, 7) is -0.236. The minimum Gasteiger partial charge on any atom is -0.347 e. The van der Waals surface area contributed by atoms with E-state index in [0.717, 1.165) is 0 Å². The Morgan fingerprint density at radius 1 is 1.41 bits per heavy atom. The molecule has 0 aliphatic carbocycles. The van der Waals surface area contributed by atoms with Gasteiger partial charge < -0.3 is 5.32 Å². The lowest BCUT2D eigenvalue weighted by Crippen LogP contribution is -2.44. The summed E-state index contributed by atoms with van der Waals surface area (Å²) in [5.41, 5.74) is 0.526. The first-order valence-electron chi connectivity index (χ1n) is 4.52. The van der Waals surface area contributed by atoms with Gasteiger partial charge in [0.2, 0.25) is 0 Å². The van der Waals surface area contributed by atoms with Crippen molar-refractivity contribution in [3.05, 3.63) is 34.3 Å². The Kier molecular flexibility index (Phi) is 4.50.